The fraction of sp³-hybridized carbons (Fsp3) is 0.167. The molecule has 1 N–H and O–H groups in total. The number of carbonyl (C=O) groups is 1. The fourth-order valence-corrected chi connectivity index (χ4v) is 1.55. The highest BCUT2D eigenvalue weighted by Gasteiger charge is 2.16. The average Bonchev–Trinajstić information content (AvgIpc) is 2.72. The monoisotopic (exact) mass is 251 g/mol. The zero-order valence-corrected chi connectivity index (χ0v) is 9.65. The highest BCUT2D eigenvalue weighted by atomic mass is 19.1. The molecule has 94 valence electrons. The van der Waals surface area contributed by atoms with Crippen molar-refractivity contribution in [3.63, 3.8) is 0 Å². The topological polar surface area (TPSA) is 46.9 Å². The van der Waals surface area contributed by atoms with Gasteiger partial charge in [0.2, 0.25) is 0 Å². The molecular weight excluding hydrogens is 240 g/mol. The second kappa shape index (κ2) is 4.95. The fourth-order valence-electron chi connectivity index (χ4n) is 1.55. The number of aryl methyl sites for hydroxylation is 1. The third-order valence-corrected chi connectivity index (χ3v) is 2.40. The van der Waals surface area contributed by atoms with Gasteiger partial charge in [0.05, 0.1) is 6.20 Å². The molecule has 0 fully saturated rings. The molecule has 0 unspecified atom stereocenters. The minimum absolute atomic E-state index is 0.167. The van der Waals surface area contributed by atoms with Gasteiger partial charge >= 0.3 is 0 Å². The van der Waals surface area contributed by atoms with Crippen molar-refractivity contribution in [1.29, 1.82) is 0 Å². The van der Waals surface area contributed by atoms with Crippen LogP contribution in [0.3, 0.4) is 0 Å². The summed E-state index contributed by atoms with van der Waals surface area (Å²) < 4.78 is 28.2. The summed E-state index contributed by atoms with van der Waals surface area (Å²) in [6, 6.07) is 3.30. The minimum Gasteiger partial charge on any atom is -0.348 e. The largest absolute Gasteiger partial charge is 0.348 e. The van der Waals surface area contributed by atoms with Crippen LogP contribution in [0.5, 0.6) is 0 Å². The SMILES string of the molecule is Cn1cc(CNC(=O)c2c(F)cccc2F)cn1. The van der Waals surface area contributed by atoms with Crippen LogP contribution in [0.2, 0.25) is 0 Å². The second-order valence-corrected chi connectivity index (χ2v) is 3.80. The number of aromatic nitrogens is 2. The normalized spacial score (nSPS) is 10.4. The number of halogens is 2. The van der Waals surface area contributed by atoms with Gasteiger partial charge in [0, 0.05) is 25.4 Å². The average molecular weight is 251 g/mol. The van der Waals surface area contributed by atoms with Crippen molar-refractivity contribution in [2.75, 3.05) is 0 Å². The lowest BCUT2D eigenvalue weighted by Crippen LogP contribution is -2.24. The molecular formula is C12H11F2N3O. The number of nitrogens with one attached hydrogen (secondary N) is 1. The van der Waals surface area contributed by atoms with Crippen molar-refractivity contribution in [1.82, 2.24) is 15.1 Å². The number of rotatable bonds is 3. The van der Waals surface area contributed by atoms with Gasteiger partial charge in [0.1, 0.15) is 17.2 Å². The molecule has 1 aromatic carbocycles. The van der Waals surface area contributed by atoms with Crippen molar-refractivity contribution < 1.29 is 13.6 Å². The van der Waals surface area contributed by atoms with Gasteiger partial charge in [-0.15, -0.1) is 0 Å². The molecule has 0 aliphatic carbocycles. The van der Waals surface area contributed by atoms with E-state index in [1.54, 1.807) is 24.1 Å². The Morgan fingerprint density at radius 1 is 1.39 bits per heavy atom. The van der Waals surface area contributed by atoms with Gasteiger partial charge in [-0.05, 0) is 12.1 Å². The van der Waals surface area contributed by atoms with E-state index in [0.29, 0.717) is 0 Å². The molecule has 0 aliphatic rings. The van der Waals surface area contributed by atoms with E-state index in [9.17, 15) is 13.6 Å². The molecule has 1 aromatic heterocycles. The zero-order chi connectivity index (χ0) is 13.1. The molecule has 1 heterocycles. The lowest BCUT2D eigenvalue weighted by atomic mass is 10.2. The first-order valence-electron chi connectivity index (χ1n) is 5.27. The van der Waals surface area contributed by atoms with Crippen LogP contribution in [0.25, 0.3) is 0 Å². The number of nitrogens with zero attached hydrogens (tertiary/aromatic N) is 2. The second-order valence-electron chi connectivity index (χ2n) is 3.80. The molecule has 1 amide bonds. The maximum absolute atomic E-state index is 13.3. The maximum Gasteiger partial charge on any atom is 0.257 e. The van der Waals surface area contributed by atoms with Crippen LogP contribution in [-0.4, -0.2) is 15.7 Å². The van der Waals surface area contributed by atoms with Crippen molar-refractivity contribution in [3.05, 3.63) is 53.4 Å². The molecule has 4 nitrogen and oxygen atoms in total. The Labute approximate surface area is 102 Å². The lowest BCUT2D eigenvalue weighted by Gasteiger charge is -2.05. The van der Waals surface area contributed by atoms with Crippen LogP contribution in [0.1, 0.15) is 15.9 Å². The van der Waals surface area contributed by atoms with E-state index in [-0.39, 0.29) is 6.54 Å². The Hall–Kier alpha value is -2.24. The number of amides is 1. The standard InChI is InChI=1S/C12H11F2N3O/c1-17-7-8(6-16-17)5-15-12(18)11-9(13)3-2-4-10(11)14/h2-4,6-7H,5H2,1H3,(H,15,18). The van der Waals surface area contributed by atoms with E-state index in [1.807, 2.05) is 0 Å². The van der Waals surface area contributed by atoms with Crippen LogP contribution in [0.4, 0.5) is 8.78 Å². The van der Waals surface area contributed by atoms with Gasteiger partial charge in [0.15, 0.2) is 0 Å². The maximum atomic E-state index is 13.3. The quantitative estimate of drug-likeness (QED) is 0.901. The molecule has 0 atom stereocenters. The first-order chi connectivity index (χ1) is 8.58. The van der Waals surface area contributed by atoms with Crippen LogP contribution >= 0.6 is 0 Å². The minimum atomic E-state index is -0.876. The Bertz CT molecular complexity index is 560. The van der Waals surface area contributed by atoms with E-state index in [4.69, 9.17) is 0 Å². The zero-order valence-electron chi connectivity index (χ0n) is 9.65. The van der Waals surface area contributed by atoms with E-state index < -0.39 is 23.1 Å². The van der Waals surface area contributed by atoms with Crippen molar-refractivity contribution >= 4 is 5.91 Å². The Morgan fingerprint density at radius 2 is 2.06 bits per heavy atom. The van der Waals surface area contributed by atoms with Crippen LogP contribution in [0.15, 0.2) is 30.6 Å². The molecule has 0 spiro atoms. The number of benzene rings is 1. The summed E-state index contributed by atoms with van der Waals surface area (Å²) in [6.45, 7) is 0.167. The first kappa shape index (κ1) is 12.2. The lowest BCUT2D eigenvalue weighted by molar-refractivity contribution is 0.0942. The Morgan fingerprint density at radius 3 is 2.61 bits per heavy atom. The van der Waals surface area contributed by atoms with E-state index >= 15 is 0 Å². The molecule has 6 heteroatoms. The Balaban J connectivity index is 2.08. The van der Waals surface area contributed by atoms with Gasteiger partial charge in [0.25, 0.3) is 5.91 Å². The van der Waals surface area contributed by atoms with Gasteiger partial charge in [-0.2, -0.15) is 5.10 Å². The van der Waals surface area contributed by atoms with E-state index in [1.165, 1.54) is 6.07 Å². The summed E-state index contributed by atoms with van der Waals surface area (Å²) in [5, 5.41) is 6.36. The number of hydrogen-bond donors (Lipinski definition) is 1. The highest BCUT2D eigenvalue weighted by molar-refractivity contribution is 5.94. The Kier molecular flexibility index (Phi) is 3.36. The van der Waals surface area contributed by atoms with Crippen molar-refractivity contribution in [2.45, 2.75) is 6.54 Å². The summed E-state index contributed by atoms with van der Waals surface area (Å²) >= 11 is 0. The van der Waals surface area contributed by atoms with Crippen molar-refractivity contribution in [2.24, 2.45) is 7.05 Å². The molecule has 0 bridgehead atoms. The molecule has 18 heavy (non-hydrogen) atoms. The smallest absolute Gasteiger partial charge is 0.257 e. The van der Waals surface area contributed by atoms with E-state index in [2.05, 4.69) is 10.4 Å². The predicted octanol–water partition coefficient (Wildman–Crippen LogP) is 1.63. The van der Waals surface area contributed by atoms with Crippen LogP contribution in [-0.2, 0) is 13.6 Å². The first-order valence-corrected chi connectivity index (χ1v) is 5.27. The molecule has 0 radical (unpaired) electrons. The van der Waals surface area contributed by atoms with Crippen molar-refractivity contribution in [3.8, 4) is 0 Å². The summed E-state index contributed by atoms with van der Waals surface area (Å²) in [4.78, 5) is 11.6. The third kappa shape index (κ3) is 2.53. The number of hydrogen-bond acceptors (Lipinski definition) is 2. The van der Waals surface area contributed by atoms with Gasteiger partial charge in [-0.25, -0.2) is 8.78 Å². The van der Waals surface area contributed by atoms with Crippen LogP contribution < -0.4 is 5.32 Å². The molecule has 2 rings (SSSR count). The number of carbonyl (C=O) groups excluding carboxylic acids is 1. The molecule has 0 saturated heterocycles. The van der Waals surface area contributed by atoms with Crippen LogP contribution in [0, 0.1) is 11.6 Å². The highest BCUT2D eigenvalue weighted by Crippen LogP contribution is 2.11. The predicted molar refractivity (Wildman–Crippen MR) is 60.7 cm³/mol. The molecule has 0 saturated carbocycles. The summed E-state index contributed by atoms with van der Waals surface area (Å²) in [6.07, 6.45) is 3.27. The summed E-state index contributed by atoms with van der Waals surface area (Å²) in [5.41, 5.74) is 0.184. The summed E-state index contributed by atoms with van der Waals surface area (Å²) in [5.74, 6) is -2.54. The summed E-state index contributed by atoms with van der Waals surface area (Å²) in [7, 11) is 1.74. The molecule has 0 aliphatic heterocycles. The van der Waals surface area contributed by atoms with Gasteiger partial charge in [-0.3, -0.25) is 9.48 Å². The third-order valence-electron chi connectivity index (χ3n) is 2.40. The van der Waals surface area contributed by atoms with Gasteiger partial charge in [-0.1, -0.05) is 6.07 Å². The van der Waals surface area contributed by atoms with E-state index in [0.717, 1.165) is 17.7 Å². The van der Waals surface area contributed by atoms with Gasteiger partial charge < -0.3 is 5.32 Å². The molecule has 2 aromatic rings.